The van der Waals surface area contributed by atoms with Gasteiger partial charge in [-0.15, -0.1) is 0 Å². The monoisotopic (exact) mass is 940 g/mol. The van der Waals surface area contributed by atoms with Gasteiger partial charge in [0.05, 0.1) is 22.5 Å². The molecule has 5 aromatic rings. The lowest BCUT2D eigenvalue weighted by Crippen LogP contribution is -2.54. The van der Waals surface area contributed by atoms with Crippen LogP contribution in [0.3, 0.4) is 0 Å². The zero-order valence-corrected chi connectivity index (χ0v) is 39.8. The van der Waals surface area contributed by atoms with Gasteiger partial charge < -0.3 is 25.2 Å². The number of aryl methyl sites for hydroxylation is 4. The highest BCUT2D eigenvalue weighted by molar-refractivity contribution is 6.24. The summed E-state index contributed by atoms with van der Waals surface area (Å²) < 4.78 is 13.3. The first-order valence-electron chi connectivity index (χ1n) is 24.9. The van der Waals surface area contributed by atoms with Crippen LogP contribution in [0.25, 0.3) is 16.8 Å². The SMILES string of the molecule is Cc1noc(C)c1-c1ccn2c(NC3CCCCC3)c(CCc3ccc(NC(=O)CCCCCCCCCCCNC(=O)COc4cccc5c4C(=O)N(C4CCC(=O)NC4=O)C5=O)cc3)nc2c1. The van der Waals surface area contributed by atoms with Crippen molar-refractivity contribution < 1.29 is 38.0 Å². The molecule has 2 aliphatic heterocycles. The Labute approximate surface area is 402 Å². The average Bonchev–Trinajstić information content (AvgIpc) is 3.96. The molecule has 364 valence electrons. The molecule has 5 heterocycles. The zero-order chi connectivity index (χ0) is 48.3. The van der Waals surface area contributed by atoms with E-state index in [0.717, 1.165) is 121 Å². The van der Waals surface area contributed by atoms with E-state index < -0.39 is 29.7 Å². The van der Waals surface area contributed by atoms with Crippen LogP contribution in [-0.2, 0) is 32.0 Å². The Kier molecular flexibility index (Phi) is 16.2. The number of imidazole rings is 1. The van der Waals surface area contributed by atoms with Gasteiger partial charge in [0.1, 0.15) is 29.0 Å². The minimum absolute atomic E-state index is 0.0116. The van der Waals surface area contributed by atoms with Crippen molar-refractivity contribution >= 4 is 52.6 Å². The van der Waals surface area contributed by atoms with Gasteiger partial charge in [0.2, 0.25) is 17.7 Å². The number of aromatic nitrogens is 3. The van der Waals surface area contributed by atoms with Crippen molar-refractivity contribution in [2.75, 3.05) is 23.8 Å². The normalized spacial score (nSPS) is 16.2. The second kappa shape index (κ2) is 23.0. The number of anilines is 2. The number of hydrogen-bond donors (Lipinski definition) is 4. The Balaban J connectivity index is 0.675. The standard InChI is InChI=1S/C53H64N8O8/c1-34-48(35(2)69-59-34)37-29-31-60-44(32-37)57-41(50(60)56-38-16-11-10-12-17-38)26-23-36-21-24-39(25-22-36)55-45(62)20-13-8-6-4-3-5-7-9-14-30-54-47(64)33-68-43-19-15-18-40-49(43)53(67)61(52(40)66)42-27-28-46(63)58-51(42)65/h15,18-19,21-22,24-25,29,31-32,38,42,56H,3-14,16-17,20,23,26-28,30,33H2,1-2H3,(H,54,64)(H,55,62)(H,58,63,65). The third kappa shape index (κ3) is 12.1. The molecule has 0 bridgehead atoms. The molecule has 8 rings (SSSR count). The number of amides is 6. The summed E-state index contributed by atoms with van der Waals surface area (Å²) in [6.45, 7) is 4.08. The van der Waals surface area contributed by atoms with E-state index in [9.17, 15) is 28.8 Å². The predicted molar refractivity (Wildman–Crippen MR) is 261 cm³/mol. The van der Waals surface area contributed by atoms with E-state index in [4.69, 9.17) is 14.2 Å². The molecule has 1 saturated heterocycles. The van der Waals surface area contributed by atoms with Gasteiger partial charge in [0.25, 0.3) is 17.7 Å². The third-order valence-corrected chi connectivity index (χ3v) is 13.5. The fraction of sp³-hybridized carbons (Fsp3) is 0.472. The molecule has 2 fully saturated rings. The number of ether oxygens (including phenoxy) is 1. The number of unbranched alkanes of at least 4 members (excludes halogenated alkanes) is 8. The van der Waals surface area contributed by atoms with E-state index in [0.29, 0.717) is 19.0 Å². The van der Waals surface area contributed by atoms with Gasteiger partial charge in [-0.25, -0.2) is 4.98 Å². The molecule has 2 aromatic carbocycles. The number of hydrogen-bond acceptors (Lipinski definition) is 11. The van der Waals surface area contributed by atoms with Crippen LogP contribution in [0.5, 0.6) is 5.75 Å². The van der Waals surface area contributed by atoms with E-state index in [2.05, 4.69) is 61.3 Å². The Morgan fingerprint density at radius 1 is 0.812 bits per heavy atom. The first-order chi connectivity index (χ1) is 33.5. The number of fused-ring (bicyclic) bond motifs is 2. The largest absolute Gasteiger partial charge is 0.483 e. The zero-order valence-electron chi connectivity index (χ0n) is 39.8. The fourth-order valence-electron chi connectivity index (χ4n) is 9.83. The topological polar surface area (TPSA) is 206 Å². The molecule has 3 aliphatic rings. The van der Waals surface area contributed by atoms with Gasteiger partial charge in [-0.05, 0) is 106 Å². The summed E-state index contributed by atoms with van der Waals surface area (Å²) in [4.78, 5) is 81.5. The lowest BCUT2D eigenvalue weighted by Gasteiger charge is -2.27. The van der Waals surface area contributed by atoms with Crippen molar-refractivity contribution in [3.63, 3.8) is 0 Å². The van der Waals surface area contributed by atoms with Crippen LogP contribution in [0, 0.1) is 13.8 Å². The van der Waals surface area contributed by atoms with Gasteiger partial charge in [-0.3, -0.25) is 43.4 Å². The Hall–Kier alpha value is -6.84. The molecule has 4 N–H and O–H groups in total. The Morgan fingerprint density at radius 3 is 2.28 bits per heavy atom. The van der Waals surface area contributed by atoms with E-state index in [1.54, 1.807) is 6.07 Å². The van der Waals surface area contributed by atoms with Crippen LogP contribution in [0.15, 0.2) is 65.3 Å². The summed E-state index contributed by atoms with van der Waals surface area (Å²) in [6, 6.07) is 16.3. The maximum Gasteiger partial charge on any atom is 0.266 e. The summed E-state index contributed by atoms with van der Waals surface area (Å²) in [6.07, 6.45) is 19.6. The highest BCUT2D eigenvalue weighted by Crippen LogP contribution is 2.34. The number of carbonyl (C=O) groups excluding carboxylic acids is 6. The van der Waals surface area contributed by atoms with Crippen molar-refractivity contribution in [2.45, 2.75) is 148 Å². The minimum Gasteiger partial charge on any atom is -0.483 e. The van der Waals surface area contributed by atoms with Gasteiger partial charge in [0, 0.05) is 42.9 Å². The first kappa shape index (κ1) is 48.6. The number of imide groups is 2. The maximum absolute atomic E-state index is 13.2. The van der Waals surface area contributed by atoms with Crippen molar-refractivity contribution in [3.05, 3.63) is 94.6 Å². The van der Waals surface area contributed by atoms with Gasteiger partial charge in [-0.1, -0.05) is 87.6 Å². The van der Waals surface area contributed by atoms with E-state index >= 15 is 0 Å². The number of nitrogens with one attached hydrogen (secondary N) is 4. The third-order valence-electron chi connectivity index (χ3n) is 13.5. The van der Waals surface area contributed by atoms with Crippen LogP contribution in [0.1, 0.15) is 153 Å². The molecule has 6 amide bonds. The van der Waals surface area contributed by atoms with Gasteiger partial charge in [0.15, 0.2) is 6.61 Å². The van der Waals surface area contributed by atoms with Crippen molar-refractivity contribution in [3.8, 4) is 16.9 Å². The van der Waals surface area contributed by atoms with Crippen LogP contribution in [0.4, 0.5) is 11.5 Å². The van der Waals surface area contributed by atoms with E-state index in [1.165, 1.54) is 49.8 Å². The molecule has 16 heteroatoms. The lowest BCUT2D eigenvalue weighted by atomic mass is 9.95. The minimum atomic E-state index is -1.08. The van der Waals surface area contributed by atoms with E-state index in [-0.39, 0.29) is 48.1 Å². The summed E-state index contributed by atoms with van der Waals surface area (Å²) in [5.41, 5.74) is 7.00. The lowest BCUT2D eigenvalue weighted by molar-refractivity contribution is -0.136. The number of pyridine rings is 1. The number of nitrogens with zero attached hydrogens (tertiary/aromatic N) is 4. The van der Waals surface area contributed by atoms with E-state index in [1.807, 2.05) is 26.0 Å². The summed E-state index contributed by atoms with van der Waals surface area (Å²) in [5.74, 6) is -0.787. The van der Waals surface area contributed by atoms with Crippen molar-refractivity contribution in [2.24, 2.45) is 0 Å². The molecular formula is C53H64N8O8. The molecule has 1 saturated carbocycles. The van der Waals surface area contributed by atoms with Crippen LogP contribution in [-0.4, -0.2) is 80.1 Å². The van der Waals surface area contributed by atoms with Crippen molar-refractivity contribution in [1.82, 2.24) is 30.1 Å². The predicted octanol–water partition coefficient (Wildman–Crippen LogP) is 8.57. The Bertz CT molecular complexity index is 2650. The smallest absolute Gasteiger partial charge is 0.266 e. The molecular weight excluding hydrogens is 877 g/mol. The Morgan fingerprint density at radius 2 is 1.55 bits per heavy atom. The van der Waals surface area contributed by atoms with Crippen LogP contribution >= 0.6 is 0 Å². The summed E-state index contributed by atoms with van der Waals surface area (Å²) in [5, 5.41) is 16.1. The second-order valence-electron chi connectivity index (χ2n) is 18.7. The highest BCUT2D eigenvalue weighted by atomic mass is 16.5. The molecule has 1 aliphatic carbocycles. The molecule has 69 heavy (non-hydrogen) atoms. The van der Waals surface area contributed by atoms with Crippen LogP contribution in [0.2, 0.25) is 0 Å². The average molecular weight is 941 g/mol. The fourth-order valence-corrected chi connectivity index (χ4v) is 9.83. The number of piperidine rings is 1. The quantitative estimate of drug-likeness (QED) is 0.0360. The summed E-state index contributed by atoms with van der Waals surface area (Å²) >= 11 is 0. The van der Waals surface area contributed by atoms with Gasteiger partial charge in [-0.2, -0.15) is 0 Å². The van der Waals surface area contributed by atoms with Crippen LogP contribution < -0.4 is 26.0 Å². The molecule has 0 radical (unpaired) electrons. The number of rotatable bonds is 23. The molecule has 3 aromatic heterocycles. The maximum atomic E-state index is 13.2. The molecule has 1 atom stereocenters. The molecule has 1 unspecified atom stereocenters. The first-order valence-corrected chi connectivity index (χ1v) is 24.9. The molecule has 16 nitrogen and oxygen atoms in total. The number of carbonyl (C=O) groups is 6. The highest BCUT2D eigenvalue weighted by Gasteiger charge is 2.46. The van der Waals surface area contributed by atoms with Crippen molar-refractivity contribution in [1.29, 1.82) is 0 Å². The number of benzene rings is 2. The van der Waals surface area contributed by atoms with Gasteiger partial charge >= 0.3 is 0 Å². The molecule has 0 spiro atoms. The second-order valence-corrected chi connectivity index (χ2v) is 18.7. The summed E-state index contributed by atoms with van der Waals surface area (Å²) in [7, 11) is 0.